The van der Waals surface area contributed by atoms with Crippen molar-refractivity contribution in [3.8, 4) is 0 Å². The van der Waals surface area contributed by atoms with Crippen LogP contribution in [0.1, 0.15) is 31.4 Å². The lowest BCUT2D eigenvalue weighted by molar-refractivity contribution is 0.109. The summed E-state index contributed by atoms with van der Waals surface area (Å²) in [5.41, 5.74) is 9.34. The summed E-state index contributed by atoms with van der Waals surface area (Å²) in [6, 6.07) is 6.16. The molecule has 1 aromatic carbocycles. The summed E-state index contributed by atoms with van der Waals surface area (Å²) in [6.45, 7) is 10.7. The van der Waals surface area contributed by atoms with E-state index in [1.807, 2.05) is 6.07 Å². The maximum atomic E-state index is 5.85. The van der Waals surface area contributed by atoms with E-state index in [1.165, 1.54) is 11.1 Å². The summed E-state index contributed by atoms with van der Waals surface area (Å²) < 4.78 is 5.49. The third kappa shape index (κ3) is 8.93. The number of nitrogens with one attached hydrogen (secondary N) is 1. The van der Waals surface area contributed by atoms with Crippen LogP contribution in [0.15, 0.2) is 23.2 Å². The summed E-state index contributed by atoms with van der Waals surface area (Å²) in [4.78, 5) is 4.29. The van der Waals surface area contributed by atoms with Crippen molar-refractivity contribution in [1.29, 1.82) is 0 Å². The predicted molar refractivity (Wildman–Crippen MR) is 102 cm³/mol. The molecule has 5 heteroatoms. The molecule has 1 rings (SSSR count). The number of guanidine groups is 1. The Morgan fingerprint density at radius 1 is 1.29 bits per heavy atom. The Kier molecular flexibility index (Phi) is 10.4. The number of aliphatic imine (C=N–C) groups is 1. The van der Waals surface area contributed by atoms with Crippen molar-refractivity contribution in [2.24, 2.45) is 16.6 Å². The first-order valence-corrected chi connectivity index (χ1v) is 7.21. The fraction of sp³-hybridized carbons (Fsp3) is 0.562. The Bertz CT molecular complexity index is 447. The van der Waals surface area contributed by atoms with Crippen LogP contribution in [0.2, 0.25) is 0 Å². The van der Waals surface area contributed by atoms with Gasteiger partial charge in [0.05, 0.1) is 0 Å². The van der Waals surface area contributed by atoms with Gasteiger partial charge in [-0.05, 0) is 49.4 Å². The number of hydrogen-bond acceptors (Lipinski definition) is 2. The van der Waals surface area contributed by atoms with E-state index in [9.17, 15) is 0 Å². The Balaban J connectivity index is 0.00000400. The van der Waals surface area contributed by atoms with Crippen molar-refractivity contribution in [3.63, 3.8) is 0 Å². The van der Waals surface area contributed by atoms with Gasteiger partial charge in [0.15, 0.2) is 5.96 Å². The molecular weight excluding hydrogens is 377 g/mol. The molecule has 1 aromatic rings. The van der Waals surface area contributed by atoms with E-state index in [2.05, 4.69) is 50.1 Å². The van der Waals surface area contributed by atoms with Crippen LogP contribution in [-0.4, -0.2) is 25.7 Å². The highest BCUT2D eigenvalue weighted by molar-refractivity contribution is 14.0. The third-order valence-corrected chi connectivity index (χ3v) is 2.96. The lowest BCUT2D eigenvalue weighted by Gasteiger charge is -2.08. The van der Waals surface area contributed by atoms with Gasteiger partial charge in [-0.2, -0.15) is 0 Å². The second kappa shape index (κ2) is 10.8. The number of halogens is 1. The lowest BCUT2D eigenvalue weighted by atomic mass is 10.1. The fourth-order valence-electron chi connectivity index (χ4n) is 1.69. The van der Waals surface area contributed by atoms with Crippen molar-refractivity contribution in [2.75, 3.05) is 25.1 Å². The fourth-order valence-corrected chi connectivity index (χ4v) is 1.69. The number of hydrogen-bond donors (Lipinski definition) is 2. The number of anilines is 1. The second-order valence-corrected chi connectivity index (χ2v) is 5.51. The maximum absolute atomic E-state index is 5.85. The highest BCUT2D eigenvalue weighted by atomic mass is 127. The Labute approximate surface area is 145 Å². The number of aryl methyl sites for hydroxylation is 2. The van der Waals surface area contributed by atoms with Gasteiger partial charge in [0.2, 0.25) is 0 Å². The van der Waals surface area contributed by atoms with Crippen molar-refractivity contribution >= 4 is 35.6 Å². The summed E-state index contributed by atoms with van der Waals surface area (Å²) in [5, 5.41) is 3.11. The van der Waals surface area contributed by atoms with E-state index < -0.39 is 0 Å². The molecule has 0 amide bonds. The molecule has 0 spiro atoms. The monoisotopic (exact) mass is 405 g/mol. The summed E-state index contributed by atoms with van der Waals surface area (Å²) in [7, 11) is 0. The third-order valence-electron chi connectivity index (χ3n) is 2.96. The van der Waals surface area contributed by atoms with Crippen LogP contribution in [0.3, 0.4) is 0 Å². The van der Waals surface area contributed by atoms with E-state index in [4.69, 9.17) is 10.5 Å². The van der Waals surface area contributed by atoms with E-state index in [1.54, 1.807) is 0 Å². The highest BCUT2D eigenvalue weighted by Gasteiger charge is 1.98. The molecule has 0 atom stereocenters. The van der Waals surface area contributed by atoms with E-state index >= 15 is 0 Å². The predicted octanol–water partition coefficient (Wildman–Crippen LogP) is 3.71. The lowest BCUT2D eigenvalue weighted by Crippen LogP contribution is -2.23. The Hall–Kier alpha value is -0.820. The van der Waals surface area contributed by atoms with Crippen LogP contribution in [0.25, 0.3) is 0 Å². The van der Waals surface area contributed by atoms with Crippen LogP contribution in [0, 0.1) is 19.8 Å². The SMILES string of the molecule is Cc1ccc(NC(N)=NCCCOCC(C)C)cc1C.I. The average molecular weight is 405 g/mol. The first kappa shape index (κ1) is 20.2. The van der Waals surface area contributed by atoms with Gasteiger partial charge < -0.3 is 15.8 Å². The van der Waals surface area contributed by atoms with Gasteiger partial charge in [-0.15, -0.1) is 24.0 Å². The second-order valence-electron chi connectivity index (χ2n) is 5.51. The molecule has 4 nitrogen and oxygen atoms in total. The highest BCUT2D eigenvalue weighted by Crippen LogP contribution is 2.13. The number of nitrogens with two attached hydrogens (primary N) is 1. The van der Waals surface area contributed by atoms with Crippen molar-refractivity contribution in [3.05, 3.63) is 29.3 Å². The van der Waals surface area contributed by atoms with Crippen LogP contribution in [0.4, 0.5) is 5.69 Å². The van der Waals surface area contributed by atoms with E-state index in [-0.39, 0.29) is 24.0 Å². The molecule has 0 aliphatic rings. The van der Waals surface area contributed by atoms with Crippen LogP contribution < -0.4 is 11.1 Å². The molecule has 0 aliphatic heterocycles. The molecule has 0 heterocycles. The largest absolute Gasteiger partial charge is 0.381 e. The standard InChI is InChI=1S/C16H27N3O.HI/c1-12(2)11-20-9-5-8-18-16(17)19-15-7-6-13(3)14(4)10-15;/h6-7,10,12H,5,8-9,11H2,1-4H3,(H3,17,18,19);1H. The molecule has 120 valence electrons. The molecule has 0 saturated heterocycles. The number of rotatable bonds is 7. The van der Waals surface area contributed by atoms with Gasteiger partial charge in [0.1, 0.15) is 0 Å². The molecule has 0 radical (unpaired) electrons. The number of ether oxygens (including phenoxy) is 1. The van der Waals surface area contributed by atoms with Gasteiger partial charge in [0.25, 0.3) is 0 Å². The zero-order valence-corrected chi connectivity index (χ0v) is 15.8. The normalized spacial score (nSPS) is 11.4. The van der Waals surface area contributed by atoms with E-state index in [0.717, 1.165) is 25.3 Å². The molecule has 3 N–H and O–H groups in total. The molecular formula is C16H28IN3O. The minimum absolute atomic E-state index is 0. The summed E-state index contributed by atoms with van der Waals surface area (Å²) >= 11 is 0. The molecule has 0 bridgehead atoms. The zero-order chi connectivity index (χ0) is 15.0. The van der Waals surface area contributed by atoms with Crippen molar-refractivity contribution in [2.45, 2.75) is 34.1 Å². The summed E-state index contributed by atoms with van der Waals surface area (Å²) in [6.07, 6.45) is 0.891. The van der Waals surface area contributed by atoms with Crippen molar-refractivity contribution < 1.29 is 4.74 Å². The van der Waals surface area contributed by atoms with Gasteiger partial charge in [-0.1, -0.05) is 19.9 Å². The van der Waals surface area contributed by atoms with Gasteiger partial charge >= 0.3 is 0 Å². The minimum atomic E-state index is 0. The van der Waals surface area contributed by atoms with Crippen molar-refractivity contribution in [1.82, 2.24) is 0 Å². The molecule has 21 heavy (non-hydrogen) atoms. The zero-order valence-electron chi connectivity index (χ0n) is 13.5. The summed E-state index contributed by atoms with van der Waals surface area (Å²) in [5.74, 6) is 1.03. The van der Waals surface area contributed by atoms with Gasteiger partial charge in [-0.3, -0.25) is 4.99 Å². The quantitative estimate of drug-likeness (QED) is 0.315. The average Bonchev–Trinajstić information content (AvgIpc) is 2.38. The maximum Gasteiger partial charge on any atom is 0.193 e. The van der Waals surface area contributed by atoms with Gasteiger partial charge in [-0.25, -0.2) is 0 Å². The number of nitrogens with zero attached hydrogens (tertiary/aromatic N) is 1. The topological polar surface area (TPSA) is 59.6 Å². The van der Waals surface area contributed by atoms with E-state index in [0.29, 0.717) is 18.4 Å². The number of benzene rings is 1. The Morgan fingerprint density at radius 3 is 2.62 bits per heavy atom. The van der Waals surface area contributed by atoms with Crippen LogP contribution in [0.5, 0.6) is 0 Å². The van der Waals surface area contributed by atoms with Crippen LogP contribution >= 0.6 is 24.0 Å². The Morgan fingerprint density at radius 2 is 2.00 bits per heavy atom. The smallest absolute Gasteiger partial charge is 0.193 e. The molecule has 0 aromatic heterocycles. The first-order chi connectivity index (χ1) is 9.49. The minimum Gasteiger partial charge on any atom is -0.381 e. The first-order valence-electron chi connectivity index (χ1n) is 7.21. The molecule has 0 saturated carbocycles. The van der Waals surface area contributed by atoms with Crippen LogP contribution in [-0.2, 0) is 4.74 Å². The molecule has 0 aliphatic carbocycles. The molecule has 0 fully saturated rings. The van der Waals surface area contributed by atoms with Gasteiger partial charge in [0, 0.05) is 25.4 Å². The molecule has 0 unspecified atom stereocenters.